The molecule has 0 bridgehead atoms. The SMILES string of the molecule is NCc1nn2cc(-c3ccccc3)nc2s1. The van der Waals surface area contributed by atoms with Crippen LogP contribution < -0.4 is 5.73 Å². The molecule has 0 spiro atoms. The van der Waals surface area contributed by atoms with Crippen LogP contribution in [0.25, 0.3) is 16.2 Å². The van der Waals surface area contributed by atoms with Crippen molar-refractivity contribution in [3.63, 3.8) is 0 Å². The van der Waals surface area contributed by atoms with Gasteiger partial charge >= 0.3 is 0 Å². The van der Waals surface area contributed by atoms with Crippen LogP contribution in [0, 0.1) is 0 Å². The third-order valence-electron chi connectivity index (χ3n) is 2.33. The Morgan fingerprint density at radius 1 is 1.25 bits per heavy atom. The van der Waals surface area contributed by atoms with Crippen LogP contribution in [0.1, 0.15) is 5.01 Å². The van der Waals surface area contributed by atoms with Crippen molar-refractivity contribution >= 4 is 16.3 Å². The highest BCUT2D eigenvalue weighted by Crippen LogP contribution is 2.21. The monoisotopic (exact) mass is 230 g/mol. The zero-order valence-corrected chi connectivity index (χ0v) is 9.31. The molecular formula is C11H10N4S. The van der Waals surface area contributed by atoms with E-state index in [9.17, 15) is 0 Å². The molecule has 80 valence electrons. The number of imidazole rings is 1. The molecule has 2 N–H and O–H groups in total. The lowest BCUT2D eigenvalue weighted by molar-refractivity contribution is 0.897. The molecule has 0 unspecified atom stereocenters. The zero-order chi connectivity index (χ0) is 11.0. The molecule has 2 aromatic heterocycles. The average Bonchev–Trinajstić information content (AvgIpc) is 2.87. The Bertz CT molecular complexity index is 580. The molecule has 0 saturated carbocycles. The van der Waals surface area contributed by atoms with Crippen molar-refractivity contribution < 1.29 is 0 Å². The second-order valence-corrected chi connectivity index (χ2v) is 4.46. The number of benzene rings is 1. The van der Waals surface area contributed by atoms with E-state index in [1.54, 1.807) is 4.52 Å². The van der Waals surface area contributed by atoms with Crippen LogP contribution in [-0.2, 0) is 6.54 Å². The first-order valence-corrected chi connectivity index (χ1v) is 5.79. The number of hydrogen-bond donors (Lipinski definition) is 1. The van der Waals surface area contributed by atoms with Crippen LogP contribution in [0.4, 0.5) is 0 Å². The lowest BCUT2D eigenvalue weighted by Crippen LogP contribution is -1.95. The fourth-order valence-electron chi connectivity index (χ4n) is 1.57. The predicted molar refractivity (Wildman–Crippen MR) is 64.2 cm³/mol. The highest BCUT2D eigenvalue weighted by atomic mass is 32.1. The smallest absolute Gasteiger partial charge is 0.212 e. The second kappa shape index (κ2) is 3.70. The largest absolute Gasteiger partial charge is 0.324 e. The van der Waals surface area contributed by atoms with E-state index in [4.69, 9.17) is 5.73 Å². The standard InChI is InChI=1S/C11H10N4S/c12-6-10-14-15-7-9(13-11(15)16-10)8-4-2-1-3-5-8/h1-5,7H,6,12H2. The molecule has 2 heterocycles. The fraction of sp³-hybridized carbons (Fsp3) is 0.0909. The van der Waals surface area contributed by atoms with Gasteiger partial charge in [0.15, 0.2) is 0 Å². The van der Waals surface area contributed by atoms with Crippen molar-refractivity contribution in [1.82, 2.24) is 14.6 Å². The Balaban J connectivity index is 2.10. The zero-order valence-electron chi connectivity index (χ0n) is 8.50. The Labute approximate surface area is 96.4 Å². The van der Waals surface area contributed by atoms with Gasteiger partial charge in [-0.3, -0.25) is 0 Å². The van der Waals surface area contributed by atoms with Crippen LogP contribution in [-0.4, -0.2) is 14.6 Å². The van der Waals surface area contributed by atoms with E-state index in [1.165, 1.54) is 11.3 Å². The Kier molecular flexibility index (Phi) is 2.19. The van der Waals surface area contributed by atoms with Crippen molar-refractivity contribution in [2.75, 3.05) is 0 Å². The number of fused-ring (bicyclic) bond motifs is 1. The maximum Gasteiger partial charge on any atom is 0.212 e. The molecule has 0 saturated heterocycles. The van der Waals surface area contributed by atoms with Gasteiger partial charge in [0, 0.05) is 12.1 Å². The van der Waals surface area contributed by atoms with E-state index in [2.05, 4.69) is 10.1 Å². The van der Waals surface area contributed by atoms with Gasteiger partial charge in [0.05, 0.1) is 11.9 Å². The normalized spacial score (nSPS) is 11.1. The number of rotatable bonds is 2. The van der Waals surface area contributed by atoms with Crippen LogP contribution in [0.2, 0.25) is 0 Å². The third-order valence-corrected chi connectivity index (χ3v) is 3.27. The summed E-state index contributed by atoms with van der Waals surface area (Å²) in [5.74, 6) is 0. The van der Waals surface area contributed by atoms with Gasteiger partial charge in [-0.15, -0.1) is 0 Å². The molecule has 16 heavy (non-hydrogen) atoms. The summed E-state index contributed by atoms with van der Waals surface area (Å²) >= 11 is 1.53. The minimum Gasteiger partial charge on any atom is -0.324 e. The first-order valence-electron chi connectivity index (χ1n) is 4.97. The Morgan fingerprint density at radius 3 is 2.75 bits per heavy atom. The van der Waals surface area contributed by atoms with Crippen molar-refractivity contribution in [3.05, 3.63) is 41.5 Å². The highest BCUT2D eigenvalue weighted by molar-refractivity contribution is 7.16. The maximum absolute atomic E-state index is 5.53. The second-order valence-electron chi connectivity index (χ2n) is 3.42. The van der Waals surface area contributed by atoms with Gasteiger partial charge in [-0.25, -0.2) is 9.50 Å². The molecular weight excluding hydrogens is 220 g/mol. The lowest BCUT2D eigenvalue weighted by Gasteiger charge is -1.92. The van der Waals surface area contributed by atoms with Crippen LogP contribution >= 0.6 is 11.3 Å². The minimum absolute atomic E-state index is 0.467. The molecule has 0 amide bonds. The number of nitrogens with zero attached hydrogens (tertiary/aromatic N) is 3. The molecule has 3 rings (SSSR count). The van der Waals surface area contributed by atoms with E-state index in [0.717, 1.165) is 21.2 Å². The van der Waals surface area contributed by atoms with Crippen LogP contribution in [0.15, 0.2) is 36.5 Å². The van der Waals surface area contributed by atoms with E-state index in [0.29, 0.717) is 6.54 Å². The average molecular weight is 230 g/mol. The van der Waals surface area contributed by atoms with Gasteiger partial charge in [-0.05, 0) is 0 Å². The molecule has 0 atom stereocenters. The quantitative estimate of drug-likeness (QED) is 0.731. The summed E-state index contributed by atoms with van der Waals surface area (Å²) in [7, 11) is 0. The van der Waals surface area contributed by atoms with Gasteiger partial charge in [0.25, 0.3) is 0 Å². The summed E-state index contributed by atoms with van der Waals surface area (Å²) in [6, 6.07) is 10.1. The van der Waals surface area contributed by atoms with Crippen LogP contribution in [0.5, 0.6) is 0 Å². The summed E-state index contributed by atoms with van der Waals surface area (Å²) in [6.07, 6.45) is 1.93. The molecule has 0 aliphatic heterocycles. The summed E-state index contributed by atoms with van der Waals surface area (Å²) < 4.78 is 1.79. The van der Waals surface area contributed by atoms with Crippen molar-refractivity contribution in [2.24, 2.45) is 5.73 Å². The fourth-order valence-corrected chi connectivity index (χ4v) is 2.33. The van der Waals surface area contributed by atoms with Crippen molar-refractivity contribution in [3.8, 4) is 11.3 Å². The van der Waals surface area contributed by atoms with Crippen LogP contribution in [0.3, 0.4) is 0 Å². The highest BCUT2D eigenvalue weighted by Gasteiger charge is 2.07. The van der Waals surface area contributed by atoms with Gasteiger partial charge in [-0.1, -0.05) is 41.7 Å². The van der Waals surface area contributed by atoms with Crippen molar-refractivity contribution in [2.45, 2.75) is 6.54 Å². The first-order chi connectivity index (χ1) is 7.86. The molecule has 1 aromatic carbocycles. The van der Waals surface area contributed by atoms with E-state index in [1.807, 2.05) is 36.5 Å². The molecule has 0 aliphatic rings. The van der Waals surface area contributed by atoms with E-state index in [-0.39, 0.29) is 0 Å². The molecule has 0 fully saturated rings. The predicted octanol–water partition coefficient (Wildman–Crippen LogP) is 1.92. The minimum atomic E-state index is 0.467. The van der Waals surface area contributed by atoms with Gasteiger partial charge in [-0.2, -0.15) is 5.10 Å². The first kappa shape index (κ1) is 9.50. The Morgan fingerprint density at radius 2 is 2.06 bits per heavy atom. The molecule has 3 aromatic rings. The summed E-state index contributed by atoms with van der Waals surface area (Å²) in [4.78, 5) is 5.40. The molecule has 0 radical (unpaired) electrons. The topological polar surface area (TPSA) is 56.2 Å². The van der Waals surface area contributed by atoms with Gasteiger partial charge in [0.2, 0.25) is 4.96 Å². The maximum atomic E-state index is 5.53. The summed E-state index contributed by atoms with van der Waals surface area (Å²) in [6.45, 7) is 0.467. The van der Waals surface area contributed by atoms with Gasteiger partial charge in [0.1, 0.15) is 5.01 Å². The summed E-state index contributed by atoms with van der Waals surface area (Å²) in [5, 5.41) is 5.23. The molecule has 5 heteroatoms. The van der Waals surface area contributed by atoms with E-state index >= 15 is 0 Å². The number of hydrogen-bond acceptors (Lipinski definition) is 4. The number of nitrogens with two attached hydrogens (primary N) is 1. The molecule has 4 nitrogen and oxygen atoms in total. The molecule has 0 aliphatic carbocycles. The van der Waals surface area contributed by atoms with Gasteiger partial charge < -0.3 is 5.73 Å². The van der Waals surface area contributed by atoms with E-state index < -0.39 is 0 Å². The summed E-state index contributed by atoms with van der Waals surface area (Å²) in [5.41, 5.74) is 7.58. The van der Waals surface area contributed by atoms with Crippen molar-refractivity contribution in [1.29, 1.82) is 0 Å². The number of aromatic nitrogens is 3. The Hall–Kier alpha value is -1.72. The lowest BCUT2D eigenvalue weighted by atomic mass is 10.2. The third kappa shape index (κ3) is 1.50.